The highest BCUT2D eigenvalue weighted by Gasteiger charge is 2.24. The molecule has 1 unspecified atom stereocenters. The fraction of sp³-hybridized carbons (Fsp3) is 0.625. The monoisotopic (exact) mass is 322 g/mol. The van der Waals surface area contributed by atoms with Crippen molar-refractivity contribution < 1.29 is 0 Å². The Morgan fingerprint density at radius 1 is 1.33 bits per heavy atom. The molecule has 2 aromatic heterocycles. The Balaban J connectivity index is 2.24. The molecular formula is C16H22N2OS2. The molecule has 0 aliphatic heterocycles. The van der Waals surface area contributed by atoms with Crippen molar-refractivity contribution in [3.8, 4) is 0 Å². The first-order valence-corrected chi connectivity index (χ1v) is 9.10. The summed E-state index contributed by atoms with van der Waals surface area (Å²) >= 11 is 7.20. The van der Waals surface area contributed by atoms with Crippen molar-refractivity contribution in [1.29, 1.82) is 0 Å². The maximum absolute atomic E-state index is 13.0. The number of nitrogens with one attached hydrogen (secondary N) is 1. The average Bonchev–Trinajstić information content (AvgIpc) is 2.99. The van der Waals surface area contributed by atoms with Crippen LogP contribution in [0.25, 0.3) is 10.2 Å². The van der Waals surface area contributed by atoms with Gasteiger partial charge in [-0.2, -0.15) is 0 Å². The molecule has 1 aliphatic carbocycles. The lowest BCUT2D eigenvalue weighted by atomic mass is 9.95. The number of fused-ring (bicyclic) bond motifs is 3. The van der Waals surface area contributed by atoms with Crippen molar-refractivity contribution in [2.45, 2.75) is 58.9 Å². The van der Waals surface area contributed by atoms with Crippen molar-refractivity contribution in [2.24, 2.45) is 5.92 Å². The quantitative estimate of drug-likeness (QED) is 0.835. The lowest BCUT2D eigenvalue weighted by molar-refractivity contribution is 0.323. The van der Waals surface area contributed by atoms with Crippen molar-refractivity contribution in [3.63, 3.8) is 0 Å². The summed E-state index contributed by atoms with van der Waals surface area (Å²) in [5.74, 6) is 0.488. The van der Waals surface area contributed by atoms with Gasteiger partial charge in [-0.1, -0.05) is 26.7 Å². The second kappa shape index (κ2) is 5.69. The van der Waals surface area contributed by atoms with Crippen LogP contribution >= 0.6 is 23.6 Å². The van der Waals surface area contributed by atoms with E-state index in [1.807, 2.05) is 4.57 Å². The lowest BCUT2D eigenvalue weighted by Crippen LogP contribution is -2.29. The Morgan fingerprint density at radius 3 is 2.71 bits per heavy atom. The van der Waals surface area contributed by atoms with E-state index in [4.69, 9.17) is 12.2 Å². The van der Waals surface area contributed by atoms with E-state index in [1.165, 1.54) is 16.9 Å². The Morgan fingerprint density at radius 2 is 2.05 bits per heavy atom. The summed E-state index contributed by atoms with van der Waals surface area (Å²) in [6.45, 7) is 6.49. The number of nitrogens with zero attached hydrogens (tertiary/aromatic N) is 1. The van der Waals surface area contributed by atoms with Crippen LogP contribution in [0.2, 0.25) is 0 Å². The van der Waals surface area contributed by atoms with Gasteiger partial charge in [0.05, 0.1) is 5.39 Å². The zero-order chi connectivity index (χ0) is 15.1. The molecule has 0 bridgehead atoms. The van der Waals surface area contributed by atoms with Crippen molar-refractivity contribution in [1.82, 2.24) is 9.55 Å². The maximum Gasteiger partial charge on any atom is 0.263 e. The molecule has 0 saturated heterocycles. The van der Waals surface area contributed by atoms with Crippen molar-refractivity contribution >= 4 is 33.8 Å². The molecule has 2 aromatic rings. The Bertz CT molecular complexity index is 780. The van der Waals surface area contributed by atoms with Crippen LogP contribution in [-0.4, -0.2) is 9.55 Å². The Labute approximate surface area is 134 Å². The highest BCUT2D eigenvalue weighted by atomic mass is 32.1. The van der Waals surface area contributed by atoms with Gasteiger partial charge in [0.15, 0.2) is 4.77 Å². The van der Waals surface area contributed by atoms with Gasteiger partial charge in [-0.15, -0.1) is 11.3 Å². The number of H-pyrrole nitrogens is 1. The van der Waals surface area contributed by atoms with E-state index >= 15 is 0 Å². The van der Waals surface area contributed by atoms with Gasteiger partial charge in [0, 0.05) is 10.9 Å². The molecule has 21 heavy (non-hydrogen) atoms. The van der Waals surface area contributed by atoms with Gasteiger partial charge in [-0.3, -0.25) is 9.36 Å². The predicted molar refractivity (Wildman–Crippen MR) is 92.1 cm³/mol. The predicted octanol–water partition coefficient (Wildman–Crippen LogP) is 4.61. The largest absolute Gasteiger partial charge is 0.323 e. The molecule has 1 atom stereocenters. The summed E-state index contributed by atoms with van der Waals surface area (Å²) in [6.07, 6.45) is 5.46. The Kier molecular flexibility index (Phi) is 4.06. The van der Waals surface area contributed by atoms with E-state index in [2.05, 4.69) is 25.8 Å². The van der Waals surface area contributed by atoms with E-state index in [9.17, 15) is 4.79 Å². The molecule has 2 heterocycles. The molecule has 3 rings (SSSR count). The molecule has 5 heteroatoms. The Hall–Kier alpha value is -0.940. The van der Waals surface area contributed by atoms with Gasteiger partial charge in [0.25, 0.3) is 5.56 Å². The molecular weight excluding hydrogens is 300 g/mol. The number of hydrogen-bond acceptors (Lipinski definition) is 3. The van der Waals surface area contributed by atoms with Crippen LogP contribution in [0.15, 0.2) is 4.79 Å². The highest BCUT2D eigenvalue weighted by molar-refractivity contribution is 7.71. The van der Waals surface area contributed by atoms with Gasteiger partial charge in [-0.05, 0) is 49.9 Å². The fourth-order valence-electron chi connectivity index (χ4n) is 3.64. The first-order valence-electron chi connectivity index (χ1n) is 7.87. The lowest BCUT2D eigenvalue weighted by Gasteiger charge is -2.23. The molecule has 0 radical (unpaired) electrons. The smallest absolute Gasteiger partial charge is 0.263 e. The van der Waals surface area contributed by atoms with Crippen molar-refractivity contribution in [3.05, 3.63) is 25.6 Å². The number of hydrogen-bond donors (Lipinski definition) is 1. The maximum atomic E-state index is 13.0. The van der Waals surface area contributed by atoms with E-state index in [0.29, 0.717) is 10.7 Å². The topological polar surface area (TPSA) is 37.8 Å². The summed E-state index contributed by atoms with van der Waals surface area (Å²) in [4.78, 5) is 18.7. The van der Waals surface area contributed by atoms with Gasteiger partial charge in [0.2, 0.25) is 0 Å². The van der Waals surface area contributed by atoms with Crippen LogP contribution < -0.4 is 5.56 Å². The summed E-state index contributed by atoms with van der Waals surface area (Å²) in [6, 6.07) is 0.151. The van der Waals surface area contributed by atoms with E-state index in [1.54, 1.807) is 11.3 Å². The van der Waals surface area contributed by atoms with Crippen LogP contribution in [0.4, 0.5) is 0 Å². The second-order valence-corrected chi connectivity index (χ2v) is 7.48. The van der Waals surface area contributed by atoms with Crippen LogP contribution in [0.1, 0.15) is 56.5 Å². The average molecular weight is 322 g/mol. The first kappa shape index (κ1) is 15.0. The van der Waals surface area contributed by atoms with Crippen LogP contribution in [0, 0.1) is 10.7 Å². The third-order valence-corrected chi connectivity index (χ3v) is 6.44. The molecule has 114 valence electrons. The van der Waals surface area contributed by atoms with Gasteiger partial charge in [-0.25, -0.2) is 0 Å². The van der Waals surface area contributed by atoms with E-state index in [0.717, 1.165) is 35.9 Å². The third kappa shape index (κ3) is 2.30. The molecule has 0 aromatic carbocycles. The van der Waals surface area contributed by atoms with E-state index < -0.39 is 0 Å². The molecule has 1 aliphatic rings. The number of thiophene rings is 1. The number of rotatable bonds is 4. The summed E-state index contributed by atoms with van der Waals surface area (Å²) in [7, 11) is 0. The number of aryl methyl sites for hydroxylation is 2. The standard InChI is InChI=1S/C16H22N2OS2/c1-4-10(5-2)9(3)18-15(19)13-11-7-6-8-12(11)21-14(13)17-16(18)20/h9-10H,4-8H2,1-3H3,(H,17,20). The first-order chi connectivity index (χ1) is 10.1. The summed E-state index contributed by atoms with van der Waals surface area (Å²) < 4.78 is 2.40. The zero-order valence-corrected chi connectivity index (χ0v) is 14.5. The van der Waals surface area contributed by atoms with Gasteiger partial charge in [0.1, 0.15) is 4.83 Å². The second-order valence-electron chi connectivity index (χ2n) is 5.98. The molecule has 3 nitrogen and oxygen atoms in total. The van der Waals surface area contributed by atoms with Gasteiger partial charge < -0.3 is 4.98 Å². The SMILES string of the molecule is CCC(CC)C(C)n1c(=S)[nH]c2sc3c(c2c1=O)CCC3. The van der Waals surface area contributed by atoms with E-state index in [-0.39, 0.29) is 11.6 Å². The molecule has 0 amide bonds. The molecule has 0 saturated carbocycles. The van der Waals surface area contributed by atoms with Crippen LogP contribution in [-0.2, 0) is 12.8 Å². The minimum absolute atomic E-state index is 0.118. The van der Waals surface area contributed by atoms with Crippen LogP contribution in [0.3, 0.4) is 0 Å². The minimum atomic E-state index is 0.118. The zero-order valence-electron chi connectivity index (χ0n) is 12.9. The third-order valence-electron chi connectivity index (χ3n) is 4.93. The van der Waals surface area contributed by atoms with Crippen molar-refractivity contribution in [2.75, 3.05) is 0 Å². The highest BCUT2D eigenvalue weighted by Crippen LogP contribution is 2.35. The van der Waals surface area contributed by atoms with Gasteiger partial charge >= 0.3 is 0 Å². The molecule has 1 N–H and O–H groups in total. The molecule has 0 fully saturated rings. The minimum Gasteiger partial charge on any atom is -0.323 e. The van der Waals surface area contributed by atoms with Crippen LogP contribution in [0.5, 0.6) is 0 Å². The summed E-state index contributed by atoms with van der Waals surface area (Å²) in [5, 5.41) is 0.902. The normalized spacial score (nSPS) is 15.8. The molecule has 0 spiro atoms. The summed E-state index contributed by atoms with van der Waals surface area (Å²) in [5.41, 5.74) is 1.39. The number of aromatic amines is 1. The number of aromatic nitrogens is 2. The fourth-order valence-corrected chi connectivity index (χ4v) is 5.34.